The molecule has 0 fully saturated rings. The van der Waals surface area contributed by atoms with Gasteiger partial charge in [-0.25, -0.2) is 4.98 Å². The van der Waals surface area contributed by atoms with Crippen LogP contribution in [0.25, 0.3) is 44.0 Å². The molecular formula is C37H44Br2N2O2. The summed E-state index contributed by atoms with van der Waals surface area (Å²) in [6, 6.07) is 19.2. The molecule has 4 nitrogen and oxygen atoms in total. The fourth-order valence-corrected chi connectivity index (χ4v) is 6.64. The van der Waals surface area contributed by atoms with E-state index in [-0.39, 0.29) is 0 Å². The molecule has 6 heteroatoms. The molecule has 1 heterocycles. The van der Waals surface area contributed by atoms with Crippen LogP contribution in [0.2, 0.25) is 0 Å². The number of imidazole rings is 1. The van der Waals surface area contributed by atoms with Gasteiger partial charge < -0.3 is 14.5 Å². The second-order valence-electron chi connectivity index (χ2n) is 11.8. The van der Waals surface area contributed by atoms with Crippen molar-refractivity contribution >= 4 is 64.4 Å². The number of nitrogens with zero attached hydrogens (tertiary/aromatic N) is 1. The van der Waals surface area contributed by atoms with Crippen molar-refractivity contribution in [2.24, 2.45) is 11.8 Å². The average Bonchev–Trinajstić information content (AvgIpc) is 3.47. The van der Waals surface area contributed by atoms with Crippen LogP contribution in [0.15, 0.2) is 63.5 Å². The molecule has 0 aliphatic rings. The first-order valence-electron chi connectivity index (χ1n) is 16.1. The molecule has 0 aliphatic heterocycles. The molecule has 0 spiro atoms. The summed E-state index contributed by atoms with van der Waals surface area (Å²) in [5.41, 5.74) is 2.94. The van der Waals surface area contributed by atoms with Gasteiger partial charge in [0.05, 0.1) is 29.8 Å². The Morgan fingerprint density at radius 1 is 0.698 bits per heavy atom. The predicted octanol–water partition coefficient (Wildman–Crippen LogP) is 12.3. The monoisotopic (exact) mass is 706 g/mol. The molecule has 228 valence electrons. The Morgan fingerprint density at radius 2 is 1.30 bits per heavy atom. The summed E-state index contributed by atoms with van der Waals surface area (Å²) in [6.45, 7) is 10.4. The number of aromatic amines is 1. The van der Waals surface area contributed by atoms with Crippen LogP contribution < -0.4 is 9.47 Å². The van der Waals surface area contributed by atoms with E-state index in [1.165, 1.54) is 49.3 Å². The smallest absolute Gasteiger partial charge is 0.142 e. The zero-order chi connectivity index (χ0) is 30.3. The number of benzene rings is 4. The fraction of sp³-hybridized carbons (Fsp3) is 0.432. The fourth-order valence-electron chi connectivity index (χ4n) is 5.92. The van der Waals surface area contributed by atoms with Gasteiger partial charge in [0.15, 0.2) is 0 Å². The van der Waals surface area contributed by atoms with Crippen LogP contribution in [-0.4, -0.2) is 23.2 Å². The summed E-state index contributed by atoms with van der Waals surface area (Å²) < 4.78 is 15.1. The second kappa shape index (κ2) is 14.9. The first-order chi connectivity index (χ1) is 20.9. The van der Waals surface area contributed by atoms with Crippen molar-refractivity contribution in [2.75, 3.05) is 13.2 Å². The van der Waals surface area contributed by atoms with Gasteiger partial charge in [0.2, 0.25) is 0 Å². The Balaban J connectivity index is 1.57. The zero-order valence-electron chi connectivity index (χ0n) is 25.9. The Morgan fingerprint density at radius 3 is 1.93 bits per heavy atom. The third kappa shape index (κ3) is 7.39. The van der Waals surface area contributed by atoms with E-state index in [4.69, 9.17) is 14.5 Å². The minimum absolute atomic E-state index is 0.522. The molecule has 5 rings (SSSR count). The number of halogens is 2. The van der Waals surface area contributed by atoms with Gasteiger partial charge in [-0.2, -0.15) is 0 Å². The summed E-state index contributed by atoms with van der Waals surface area (Å²) >= 11 is 7.38. The van der Waals surface area contributed by atoms with E-state index >= 15 is 0 Å². The van der Waals surface area contributed by atoms with Crippen LogP contribution in [0, 0.1) is 11.8 Å². The largest absolute Gasteiger partial charge is 0.493 e. The van der Waals surface area contributed by atoms with Crippen LogP contribution in [-0.2, 0) is 0 Å². The molecule has 1 aromatic heterocycles. The van der Waals surface area contributed by atoms with Crippen molar-refractivity contribution in [3.63, 3.8) is 0 Å². The lowest BCUT2D eigenvalue weighted by molar-refractivity contribution is 0.223. The van der Waals surface area contributed by atoms with Gasteiger partial charge in [-0.15, -0.1) is 0 Å². The van der Waals surface area contributed by atoms with Crippen LogP contribution >= 0.6 is 31.9 Å². The van der Waals surface area contributed by atoms with Gasteiger partial charge in [-0.3, -0.25) is 0 Å². The average molecular weight is 709 g/mol. The number of hydrogen-bond acceptors (Lipinski definition) is 3. The molecule has 0 radical (unpaired) electrons. The molecule has 5 aromatic rings. The van der Waals surface area contributed by atoms with Crippen LogP contribution in [0.1, 0.15) is 79.1 Å². The first-order valence-corrected chi connectivity index (χ1v) is 17.6. The summed E-state index contributed by atoms with van der Waals surface area (Å²) in [5.74, 6) is 3.58. The summed E-state index contributed by atoms with van der Waals surface area (Å²) in [6.07, 6.45) is 9.51. The molecule has 0 saturated carbocycles. The maximum absolute atomic E-state index is 6.63. The molecule has 0 amide bonds. The minimum Gasteiger partial charge on any atom is -0.493 e. The SMILES string of the molecule is CCCCC(CC)COc1ccc(-c2nc3c4cc(Br)ccc4c4ccc(Br)cc4c3[nH]2)c(OCC(CC)CCCC)c1. The number of aromatic nitrogens is 2. The second-order valence-corrected chi connectivity index (χ2v) is 13.6. The molecule has 4 aromatic carbocycles. The Bertz CT molecular complexity index is 1600. The maximum atomic E-state index is 6.63. The van der Waals surface area contributed by atoms with Crippen LogP contribution in [0.5, 0.6) is 11.5 Å². The lowest BCUT2D eigenvalue weighted by atomic mass is 10.0. The molecule has 0 bridgehead atoms. The normalized spacial score (nSPS) is 13.2. The third-order valence-corrected chi connectivity index (χ3v) is 9.72. The summed E-state index contributed by atoms with van der Waals surface area (Å²) in [7, 11) is 0. The van der Waals surface area contributed by atoms with E-state index in [9.17, 15) is 0 Å². The molecule has 0 aliphatic carbocycles. The first kappa shape index (κ1) is 31.8. The highest BCUT2D eigenvalue weighted by Gasteiger charge is 2.19. The number of fused-ring (bicyclic) bond motifs is 6. The Labute approximate surface area is 273 Å². The highest BCUT2D eigenvalue weighted by molar-refractivity contribution is 9.10. The number of hydrogen-bond donors (Lipinski definition) is 1. The zero-order valence-corrected chi connectivity index (χ0v) is 29.1. The topological polar surface area (TPSA) is 47.1 Å². The van der Waals surface area contributed by atoms with Crippen molar-refractivity contribution in [1.29, 1.82) is 0 Å². The quantitative estimate of drug-likeness (QED) is 0.110. The lowest BCUT2D eigenvalue weighted by Gasteiger charge is -2.19. The lowest BCUT2D eigenvalue weighted by Crippen LogP contribution is -2.13. The van der Waals surface area contributed by atoms with Gasteiger partial charge in [-0.05, 0) is 71.8 Å². The summed E-state index contributed by atoms with van der Waals surface area (Å²) in [4.78, 5) is 8.93. The van der Waals surface area contributed by atoms with Crippen molar-refractivity contribution in [2.45, 2.75) is 79.1 Å². The highest BCUT2D eigenvalue weighted by Crippen LogP contribution is 2.40. The number of rotatable bonds is 15. The maximum Gasteiger partial charge on any atom is 0.142 e. The number of ether oxygens (including phenoxy) is 2. The number of H-pyrrole nitrogens is 1. The van der Waals surface area contributed by atoms with Gasteiger partial charge in [0.1, 0.15) is 17.3 Å². The standard InChI is InChI=1S/C37H44Br2N2O2/c1-5-9-11-24(7-3)22-42-28-15-18-31(34(21-28)43-23-25(8-4)12-10-6-2)37-40-35-32-19-26(38)13-16-29(32)30-17-14-27(39)20-33(30)36(35)41-37/h13-21,24-25H,5-12,22-23H2,1-4H3,(H,40,41). The van der Waals surface area contributed by atoms with E-state index in [1.807, 2.05) is 0 Å². The van der Waals surface area contributed by atoms with E-state index in [0.717, 1.165) is 73.1 Å². The van der Waals surface area contributed by atoms with Crippen LogP contribution in [0.3, 0.4) is 0 Å². The van der Waals surface area contributed by atoms with E-state index in [2.05, 4.69) is 119 Å². The van der Waals surface area contributed by atoms with Gasteiger partial charge >= 0.3 is 0 Å². The molecule has 2 unspecified atom stereocenters. The third-order valence-electron chi connectivity index (χ3n) is 8.74. The van der Waals surface area contributed by atoms with Crippen molar-refractivity contribution in [3.05, 3.63) is 63.5 Å². The molecule has 1 N–H and O–H groups in total. The Kier molecular flexibility index (Phi) is 11.1. The van der Waals surface area contributed by atoms with Gasteiger partial charge in [0.25, 0.3) is 0 Å². The van der Waals surface area contributed by atoms with E-state index < -0.39 is 0 Å². The van der Waals surface area contributed by atoms with Gasteiger partial charge in [0, 0.05) is 25.8 Å². The van der Waals surface area contributed by atoms with E-state index in [0.29, 0.717) is 18.4 Å². The minimum atomic E-state index is 0.522. The van der Waals surface area contributed by atoms with Crippen molar-refractivity contribution in [3.8, 4) is 22.9 Å². The predicted molar refractivity (Wildman–Crippen MR) is 190 cm³/mol. The van der Waals surface area contributed by atoms with E-state index in [1.54, 1.807) is 0 Å². The van der Waals surface area contributed by atoms with Crippen molar-refractivity contribution in [1.82, 2.24) is 9.97 Å². The molecule has 43 heavy (non-hydrogen) atoms. The summed E-state index contributed by atoms with van der Waals surface area (Å²) in [5, 5.41) is 4.65. The Hall–Kier alpha value is -2.57. The molecular weight excluding hydrogens is 664 g/mol. The molecule has 0 saturated heterocycles. The van der Waals surface area contributed by atoms with Crippen molar-refractivity contribution < 1.29 is 9.47 Å². The number of unbranched alkanes of at least 4 members (excludes halogenated alkanes) is 2. The number of nitrogens with one attached hydrogen (secondary N) is 1. The van der Waals surface area contributed by atoms with Gasteiger partial charge in [-0.1, -0.05) is 110 Å². The van der Waals surface area contributed by atoms with Crippen LogP contribution in [0.4, 0.5) is 0 Å². The highest BCUT2D eigenvalue weighted by atomic mass is 79.9. The molecule has 2 atom stereocenters.